The van der Waals surface area contributed by atoms with Gasteiger partial charge in [0.05, 0.1) is 4.88 Å². The van der Waals surface area contributed by atoms with Crippen LogP contribution in [0.2, 0.25) is 0 Å². The number of thiophene rings is 1. The average Bonchev–Trinajstić information content (AvgIpc) is 3.04. The molecule has 1 unspecified atom stereocenters. The van der Waals surface area contributed by atoms with Crippen molar-refractivity contribution in [1.82, 2.24) is 10.6 Å². The van der Waals surface area contributed by atoms with Crippen molar-refractivity contribution in [2.45, 2.75) is 6.42 Å². The molecule has 2 aromatic rings. The Kier molecular flexibility index (Phi) is 3.48. The van der Waals surface area contributed by atoms with Gasteiger partial charge < -0.3 is 10.6 Å². The van der Waals surface area contributed by atoms with Crippen LogP contribution in [0.5, 0.6) is 0 Å². The van der Waals surface area contributed by atoms with Gasteiger partial charge in [0.2, 0.25) is 0 Å². The minimum atomic E-state index is -0.265. The van der Waals surface area contributed by atoms with Crippen LogP contribution in [0, 0.1) is 11.7 Å². The SMILES string of the molecule is O=C(NCC1CCNC1)c1cc2ccc(F)cc2s1. The largest absolute Gasteiger partial charge is 0.351 e. The number of fused-ring (bicyclic) bond motifs is 1. The van der Waals surface area contributed by atoms with E-state index in [1.165, 1.54) is 23.5 Å². The molecular formula is C14H15FN2OS. The van der Waals surface area contributed by atoms with E-state index < -0.39 is 0 Å². The molecule has 2 heterocycles. The Morgan fingerprint density at radius 1 is 1.47 bits per heavy atom. The van der Waals surface area contributed by atoms with Crippen LogP contribution < -0.4 is 10.6 Å². The lowest BCUT2D eigenvalue weighted by Gasteiger charge is -2.08. The second-order valence-electron chi connectivity index (χ2n) is 4.86. The van der Waals surface area contributed by atoms with Gasteiger partial charge in [-0.15, -0.1) is 11.3 Å². The summed E-state index contributed by atoms with van der Waals surface area (Å²) in [4.78, 5) is 12.7. The third-order valence-corrected chi connectivity index (χ3v) is 4.52. The van der Waals surface area contributed by atoms with Gasteiger partial charge in [-0.25, -0.2) is 4.39 Å². The first-order chi connectivity index (χ1) is 9.22. The lowest BCUT2D eigenvalue weighted by Crippen LogP contribution is -2.29. The number of nitrogens with one attached hydrogen (secondary N) is 2. The summed E-state index contributed by atoms with van der Waals surface area (Å²) in [5.74, 6) is 0.197. The van der Waals surface area contributed by atoms with E-state index in [4.69, 9.17) is 0 Å². The molecule has 1 atom stereocenters. The molecule has 0 aliphatic carbocycles. The lowest BCUT2D eigenvalue weighted by atomic mass is 10.1. The third kappa shape index (κ3) is 2.77. The maximum atomic E-state index is 13.1. The molecule has 1 saturated heterocycles. The highest BCUT2D eigenvalue weighted by Gasteiger charge is 2.16. The number of halogens is 1. The van der Waals surface area contributed by atoms with Crippen LogP contribution in [0.1, 0.15) is 16.1 Å². The first kappa shape index (κ1) is 12.6. The maximum absolute atomic E-state index is 13.1. The first-order valence-electron chi connectivity index (χ1n) is 6.40. The molecule has 2 N–H and O–H groups in total. The molecule has 1 amide bonds. The van der Waals surface area contributed by atoms with Crippen LogP contribution in [0.3, 0.4) is 0 Å². The number of hydrogen-bond donors (Lipinski definition) is 2. The van der Waals surface area contributed by atoms with Crippen molar-refractivity contribution in [2.24, 2.45) is 5.92 Å². The fourth-order valence-corrected chi connectivity index (χ4v) is 3.33. The van der Waals surface area contributed by atoms with E-state index in [0.29, 0.717) is 17.3 Å². The number of carbonyl (C=O) groups excluding carboxylic acids is 1. The minimum Gasteiger partial charge on any atom is -0.351 e. The molecule has 1 fully saturated rings. The Morgan fingerprint density at radius 2 is 2.37 bits per heavy atom. The summed E-state index contributed by atoms with van der Waals surface area (Å²) in [6.07, 6.45) is 1.11. The Balaban J connectivity index is 1.70. The number of carbonyl (C=O) groups is 1. The molecule has 1 aromatic heterocycles. The summed E-state index contributed by atoms with van der Waals surface area (Å²) < 4.78 is 13.9. The summed E-state index contributed by atoms with van der Waals surface area (Å²) in [6, 6.07) is 6.42. The zero-order valence-electron chi connectivity index (χ0n) is 10.4. The van der Waals surface area contributed by atoms with Gasteiger partial charge in [-0.1, -0.05) is 6.07 Å². The Bertz CT molecular complexity index is 605. The molecule has 3 rings (SSSR count). The van der Waals surface area contributed by atoms with E-state index in [1.807, 2.05) is 6.07 Å². The van der Waals surface area contributed by atoms with Crippen LogP contribution in [0.4, 0.5) is 4.39 Å². The molecule has 5 heteroatoms. The second-order valence-corrected chi connectivity index (χ2v) is 5.95. The van der Waals surface area contributed by atoms with Gasteiger partial charge in [-0.3, -0.25) is 4.79 Å². The summed E-state index contributed by atoms with van der Waals surface area (Å²) in [5.41, 5.74) is 0. The van der Waals surface area contributed by atoms with Crippen molar-refractivity contribution in [3.8, 4) is 0 Å². The topological polar surface area (TPSA) is 41.1 Å². The highest BCUT2D eigenvalue weighted by Crippen LogP contribution is 2.26. The standard InChI is InChI=1S/C14H15FN2OS/c15-11-2-1-10-5-13(19-12(10)6-11)14(18)17-8-9-3-4-16-7-9/h1-2,5-6,9,16H,3-4,7-8H2,(H,17,18). The summed E-state index contributed by atoms with van der Waals surface area (Å²) in [7, 11) is 0. The fourth-order valence-electron chi connectivity index (χ4n) is 2.33. The van der Waals surface area contributed by atoms with Gasteiger partial charge in [-0.05, 0) is 49.0 Å². The van der Waals surface area contributed by atoms with Crippen molar-refractivity contribution < 1.29 is 9.18 Å². The van der Waals surface area contributed by atoms with Crippen molar-refractivity contribution in [1.29, 1.82) is 0 Å². The number of benzene rings is 1. The fraction of sp³-hybridized carbons (Fsp3) is 0.357. The average molecular weight is 278 g/mol. The van der Waals surface area contributed by atoms with E-state index in [-0.39, 0.29) is 11.7 Å². The first-order valence-corrected chi connectivity index (χ1v) is 7.22. The molecule has 0 bridgehead atoms. The molecule has 19 heavy (non-hydrogen) atoms. The van der Waals surface area contributed by atoms with Gasteiger partial charge in [0.1, 0.15) is 5.82 Å². The van der Waals surface area contributed by atoms with Crippen LogP contribution in [-0.2, 0) is 0 Å². The summed E-state index contributed by atoms with van der Waals surface area (Å²) in [6.45, 7) is 2.70. The van der Waals surface area contributed by atoms with Crippen molar-refractivity contribution in [3.05, 3.63) is 35.0 Å². The number of amides is 1. The van der Waals surface area contributed by atoms with Gasteiger partial charge in [0, 0.05) is 11.2 Å². The normalized spacial score (nSPS) is 18.9. The zero-order chi connectivity index (χ0) is 13.2. The molecule has 1 aliphatic heterocycles. The van der Waals surface area contributed by atoms with Crippen LogP contribution in [0.15, 0.2) is 24.3 Å². The van der Waals surface area contributed by atoms with E-state index in [9.17, 15) is 9.18 Å². The zero-order valence-corrected chi connectivity index (χ0v) is 11.2. The molecular weight excluding hydrogens is 263 g/mol. The Morgan fingerprint density at radius 3 is 3.16 bits per heavy atom. The molecule has 100 valence electrons. The van der Waals surface area contributed by atoms with E-state index in [2.05, 4.69) is 10.6 Å². The highest BCUT2D eigenvalue weighted by molar-refractivity contribution is 7.20. The van der Waals surface area contributed by atoms with Crippen molar-refractivity contribution in [3.63, 3.8) is 0 Å². The number of rotatable bonds is 3. The van der Waals surface area contributed by atoms with E-state index in [0.717, 1.165) is 29.6 Å². The third-order valence-electron chi connectivity index (χ3n) is 3.42. The van der Waals surface area contributed by atoms with Gasteiger partial charge in [-0.2, -0.15) is 0 Å². The summed E-state index contributed by atoms with van der Waals surface area (Å²) in [5, 5.41) is 7.14. The summed E-state index contributed by atoms with van der Waals surface area (Å²) >= 11 is 1.33. The monoisotopic (exact) mass is 278 g/mol. The minimum absolute atomic E-state index is 0.0616. The number of hydrogen-bond acceptors (Lipinski definition) is 3. The highest BCUT2D eigenvalue weighted by atomic mass is 32.1. The predicted octanol–water partition coefficient (Wildman–Crippen LogP) is 2.38. The van der Waals surface area contributed by atoms with Crippen molar-refractivity contribution in [2.75, 3.05) is 19.6 Å². The molecule has 1 aliphatic rings. The second kappa shape index (κ2) is 5.27. The molecule has 1 aromatic carbocycles. The molecule has 0 spiro atoms. The Hall–Kier alpha value is -1.46. The molecule has 0 radical (unpaired) electrons. The van der Waals surface area contributed by atoms with Gasteiger partial charge >= 0.3 is 0 Å². The van der Waals surface area contributed by atoms with Crippen LogP contribution in [-0.4, -0.2) is 25.5 Å². The molecule has 3 nitrogen and oxygen atoms in total. The maximum Gasteiger partial charge on any atom is 0.261 e. The molecule has 0 saturated carbocycles. The van der Waals surface area contributed by atoms with E-state index in [1.54, 1.807) is 6.07 Å². The van der Waals surface area contributed by atoms with E-state index >= 15 is 0 Å². The van der Waals surface area contributed by atoms with Gasteiger partial charge in [0.15, 0.2) is 0 Å². The quantitative estimate of drug-likeness (QED) is 0.905. The van der Waals surface area contributed by atoms with Crippen LogP contribution >= 0.6 is 11.3 Å². The lowest BCUT2D eigenvalue weighted by molar-refractivity contribution is 0.0952. The smallest absolute Gasteiger partial charge is 0.261 e. The van der Waals surface area contributed by atoms with Gasteiger partial charge in [0.25, 0.3) is 5.91 Å². The Labute approximate surface area is 114 Å². The predicted molar refractivity (Wildman–Crippen MR) is 75.1 cm³/mol. The van der Waals surface area contributed by atoms with Crippen molar-refractivity contribution >= 4 is 27.3 Å². The van der Waals surface area contributed by atoms with Crippen LogP contribution in [0.25, 0.3) is 10.1 Å².